The molecular weight excluding hydrogens is 423 g/mol. The maximum atomic E-state index is 14.8. The average Bonchev–Trinajstić information content (AvgIpc) is 3.47. The topological polar surface area (TPSA) is 60.6 Å². The Kier molecular flexibility index (Phi) is 5.12. The van der Waals surface area contributed by atoms with E-state index in [0.29, 0.717) is 5.69 Å². The van der Waals surface area contributed by atoms with Gasteiger partial charge in [-0.25, -0.2) is 19.0 Å². The lowest BCUT2D eigenvalue weighted by Gasteiger charge is -2.23. The zero-order chi connectivity index (χ0) is 22.5. The van der Waals surface area contributed by atoms with E-state index in [1.807, 2.05) is 24.6 Å². The van der Waals surface area contributed by atoms with Crippen LogP contribution in [0.4, 0.5) is 15.3 Å². The summed E-state index contributed by atoms with van der Waals surface area (Å²) >= 11 is 1.52. The summed E-state index contributed by atoms with van der Waals surface area (Å²) in [6.07, 6.45) is 7.86. The van der Waals surface area contributed by atoms with Crippen molar-refractivity contribution in [2.24, 2.45) is 0 Å². The number of halogens is 1. The van der Waals surface area contributed by atoms with Gasteiger partial charge in [0.05, 0.1) is 34.6 Å². The van der Waals surface area contributed by atoms with Crippen molar-refractivity contribution in [2.75, 3.05) is 5.32 Å². The first-order valence-electron chi connectivity index (χ1n) is 10.9. The molecule has 0 aliphatic heterocycles. The lowest BCUT2D eigenvalue weighted by atomic mass is 9.97. The van der Waals surface area contributed by atoms with Gasteiger partial charge >= 0.3 is 0 Å². The zero-order valence-electron chi connectivity index (χ0n) is 18.8. The van der Waals surface area contributed by atoms with E-state index in [9.17, 15) is 4.39 Å². The van der Waals surface area contributed by atoms with Crippen LogP contribution in [0.25, 0.3) is 16.9 Å². The molecule has 0 atom stereocenters. The largest absolute Gasteiger partial charge is 0.316 e. The summed E-state index contributed by atoms with van der Waals surface area (Å²) in [5, 5.41) is 11.2. The molecule has 32 heavy (non-hydrogen) atoms. The summed E-state index contributed by atoms with van der Waals surface area (Å²) in [6, 6.07) is 5.20. The second-order valence-corrected chi connectivity index (χ2v) is 10.2. The number of rotatable bonds is 4. The molecular formula is C24H27FN6S. The minimum Gasteiger partial charge on any atom is -0.316 e. The Labute approximate surface area is 191 Å². The quantitative estimate of drug-likeness (QED) is 0.413. The molecule has 0 unspecified atom stereocenters. The molecule has 0 amide bonds. The van der Waals surface area contributed by atoms with Crippen molar-refractivity contribution in [3.8, 4) is 16.9 Å². The number of imidazole rings is 1. The first-order valence-corrected chi connectivity index (χ1v) is 11.8. The Morgan fingerprint density at radius 3 is 2.69 bits per heavy atom. The molecule has 0 radical (unpaired) electrons. The van der Waals surface area contributed by atoms with Crippen LogP contribution < -0.4 is 5.32 Å². The molecule has 1 aliphatic rings. The fraction of sp³-hybridized carbons (Fsp3) is 0.375. The van der Waals surface area contributed by atoms with Gasteiger partial charge in [-0.05, 0) is 65.5 Å². The highest BCUT2D eigenvalue weighted by molar-refractivity contribution is 7.14. The summed E-state index contributed by atoms with van der Waals surface area (Å²) in [6.45, 7) is 8.37. The van der Waals surface area contributed by atoms with Crippen LogP contribution in [-0.2, 0) is 18.4 Å². The summed E-state index contributed by atoms with van der Waals surface area (Å²) < 4.78 is 18.6. The van der Waals surface area contributed by atoms with Crippen molar-refractivity contribution in [3.05, 3.63) is 58.9 Å². The van der Waals surface area contributed by atoms with E-state index < -0.39 is 0 Å². The van der Waals surface area contributed by atoms with E-state index in [-0.39, 0.29) is 11.4 Å². The van der Waals surface area contributed by atoms with Crippen molar-refractivity contribution in [2.45, 2.75) is 58.9 Å². The highest BCUT2D eigenvalue weighted by Gasteiger charge is 2.27. The molecule has 4 aromatic rings. The van der Waals surface area contributed by atoms with Crippen LogP contribution in [0.3, 0.4) is 0 Å². The minimum atomic E-state index is -0.303. The number of benzene rings is 1. The van der Waals surface area contributed by atoms with Gasteiger partial charge < -0.3 is 9.88 Å². The molecule has 0 spiro atoms. The standard InChI is InChI=1S/C24H27FN6S/c1-15-12-30(14-26-15)21-10-9-16(11-18(21)25)20-13-32-23(27-20)28-22-17-7-5-6-8-19(17)29-31(22)24(2,3)4/h9-14H,5-8H2,1-4H3,(H,27,28). The Morgan fingerprint density at radius 2 is 1.97 bits per heavy atom. The summed E-state index contributed by atoms with van der Waals surface area (Å²) in [7, 11) is 0. The molecule has 3 aromatic heterocycles. The number of hydrogen-bond donors (Lipinski definition) is 1. The Bertz CT molecular complexity index is 1280. The summed E-state index contributed by atoms with van der Waals surface area (Å²) in [5.41, 5.74) is 5.18. The van der Waals surface area contributed by atoms with Gasteiger partial charge in [0.15, 0.2) is 5.13 Å². The number of fused-ring (bicyclic) bond motifs is 1. The maximum Gasteiger partial charge on any atom is 0.188 e. The number of hydrogen-bond acceptors (Lipinski definition) is 5. The molecule has 0 fully saturated rings. The van der Waals surface area contributed by atoms with E-state index in [1.165, 1.54) is 41.5 Å². The smallest absolute Gasteiger partial charge is 0.188 e. The second kappa shape index (κ2) is 7.85. The van der Waals surface area contributed by atoms with Gasteiger partial charge in [0.1, 0.15) is 11.6 Å². The van der Waals surface area contributed by atoms with E-state index in [4.69, 9.17) is 10.1 Å². The molecule has 166 valence electrons. The van der Waals surface area contributed by atoms with Gasteiger partial charge in [-0.1, -0.05) is 6.07 Å². The molecule has 5 rings (SSSR count). The van der Waals surface area contributed by atoms with Crippen molar-refractivity contribution >= 4 is 22.3 Å². The van der Waals surface area contributed by atoms with Crippen molar-refractivity contribution < 1.29 is 4.39 Å². The molecule has 1 N–H and O–H groups in total. The Morgan fingerprint density at radius 1 is 1.16 bits per heavy atom. The monoisotopic (exact) mass is 450 g/mol. The van der Waals surface area contributed by atoms with E-state index in [0.717, 1.165) is 40.7 Å². The maximum absolute atomic E-state index is 14.8. The highest BCUT2D eigenvalue weighted by atomic mass is 32.1. The highest BCUT2D eigenvalue weighted by Crippen LogP contribution is 2.35. The molecule has 8 heteroatoms. The predicted molar refractivity (Wildman–Crippen MR) is 127 cm³/mol. The first kappa shape index (κ1) is 20.9. The van der Waals surface area contributed by atoms with Crippen LogP contribution in [0.5, 0.6) is 0 Å². The normalized spacial score (nSPS) is 13.9. The summed E-state index contributed by atoms with van der Waals surface area (Å²) in [4.78, 5) is 8.93. The molecule has 1 aromatic carbocycles. The van der Waals surface area contributed by atoms with Crippen molar-refractivity contribution in [1.82, 2.24) is 24.3 Å². The molecule has 0 bridgehead atoms. The van der Waals surface area contributed by atoms with Crippen LogP contribution in [0.2, 0.25) is 0 Å². The van der Waals surface area contributed by atoms with Gasteiger partial charge in [0.25, 0.3) is 0 Å². The van der Waals surface area contributed by atoms with Crippen molar-refractivity contribution in [3.63, 3.8) is 0 Å². The van der Waals surface area contributed by atoms with Crippen LogP contribution in [0, 0.1) is 12.7 Å². The SMILES string of the molecule is Cc1cn(-c2ccc(-c3csc(Nc4c5c(nn4C(C)(C)C)CCCC5)n3)cc2F)cn1. The number of aryl methyl sites for hydroxylation is 2. The van der Waals surface area contributed by atoms with E-state index >= 15 is 0 Å². The van der Waals surface area contributed by atoms with Gasteiger partial charge in [0.2, 0.25) is 0 Å². The van der Waals surface area contributed by atoms with Crippen molar-refractivity contribution in [1.29, 1.82) is 0 Å². The van der Waals surface area contributed by atoms with Gasteiger partial charge in [-0.15, -0.1) is 11.3 Å². The molecule has 6 nitrogen and oxygen atoms in total. The van der Waals surface area contributed by atoms with Crippen LogP contribution in [0.15, 0.2) is 36.1 Å². The molecule has 0 saturated heterocycles. The van der Waals surface area contributed by atoms with Crippen LogP contribution in [0.1, 0.15) is 50.6 Å². The second-order valence-electron chi connectivity index (χ2n) is 9.31. The lowest BCUT2D eigenvalue weighted by molar-refractivity contribution is 0.358. The molecule has 0 saturated carbocycles. The third-order valence-corrected chi connectivity index (χ3v) is 6.51. The minimum absolute atomic E-state index is 0.135. The Balaban J connectivity index is 1.44. The first-order chi connectivity index (χ1) is 15.3. The Hall–Kier alpha value is -3.00. The number of anilines is 2. The predicted octanol–water partition coefficient (Wildman–Crippen LogP) is 6.02. The fourth-order valence-electron chi connectivity index (χ4n) is 4.16. The third kappa shape index (κ3) is 3.83. The number of thiazole rings is 1. The van der Waals surface area contributed by atoms with Crippen LogP contribution >= 0.6 is 11.3 Å². The molecule has 3 heterocycles. The summed E-state index contributed by atoms with van der Waals surface area (Å²) in [5.74, 6) is 0.729. The van der Waals surface area contributed by atoms with E-state index in [2.05, 4.69) is 35.8 Å². The van der Waals surface area contributed by atoms with E-state index in [1.54, 1.807) is 17.0 Å². The van der Waals surface area contributed by atoms with Crippen LogP contribution in [-0.4, -0.2) is 24.3 Å². The van der Waals surface area contributed by atoms with Gasteiger partial charge in [-0.2, -0.15) is 5.10 Å². The fourth-order valence-corrected chi connectivity index (χ4v) is 4.88. The lowest BCUT2D eigenvalue weighted by Crippen LogP contribution is -2.24. The van der Waals surface area contributed by atoms with Gasteiger partial charge in [0, 0.05) is 22.7 Å². The number of nitrogens with one attached hydrogen (secondary N) is 1. The zero-order valence-corrected chi connectivity index (χ0v) is 19.6. The number of nitrogens with zero attached hydrogens (tertiary/aromatic N) is 5. The third-order valence-electron chi connectivity index (χ3n) is 5.76. The molecule has 1 aliphatic carbocycles. The number of aromatic nitrogens is 5. The van der Waals surface area contributed by atoms with Gasteiger partial charge in [-0.3, -0.25) is 0 Å². The average molecular weight is 451 g/mol.